The molecule has 0 bridgehead atoms. The minimum Gasteiger partial charge on any atom is -0.497 e. The maximum atomic E-state index is 11.6. The summed E-state index contributed by atoms with van der Waals surface area (Å²) in [5, 5.41) is 2.99. The summed E-state index contributed by atoms with van der Waals surface area (Å²) in [6, 6.07) is 7.07. The molecule has 0 atom stereocenters. The van der Waals surface area contributed by atoms with Crippen molar-refractivity contribution in [1.82, 2.24) is 5.32 Å². The lowest BCUT2D eigenvalue weighted by Gasteiger charge is -1.99. The van der Waals surface area contributed by atoms with Crippen molar-refractivity contribution < 1.29 is 19.1 Å². The number of benzene rings is 1. The van der Waals surface area contributed by atoms with Crippen molar-refractivity contribution in [3.05, 3.63) is 35.2 Å². The summed E-state index contributed by atoms with van der Waals surface area (Å²) in [5.74, 6) is -0.218. The molecular formula is C13H12N2O4S. The standard InChI is InChI=1S/C13H12N2O4S/c1-18-9-5-3-8(4-6-9)14-13-15-12(17)10(20-13)7-11(16)19-2/h3-7H,1-2H3,(H,14,15,17). The normalized spacial score (nSPS) is 18.2. The van der Waals surface area contributed by atoms with Crippen LogP contribution in [0.25, 0.3) is 0 Å². The van der Waals surface area contributed by atoms with Gasteiger partial charge in [0, 0.05) is 6.08 Å². The number of esters is 1. The van der Waals surface area contributed by atoms with E-state index in [0.29, 0.717) is 10.9 Å². The van der Waals surface area contributed by atoms with Crippen molar-refractivity contribution in [3.63, 3.8) is 0 Å². The van der Waals surface area contributed by atoms with E-state index in [1.54, 1.807) is 31.4 Å². The predicted octanol–water partition coefficient (Wildman–Crippen LogP) is 1.60. The van der Waals surface area contributed by atoms with Gasteiger partial charge in [0.1, 0.15) is 5.75 Å². The zero-order valence-corrected chi connectivity index (χ0v) is 11.7. The van der Waals surface area contributed by atoms with Crippen LogP contribution in [0.2, 0.25) is 0 Å². The first-order valence-electron chi connectivity index (χ1n) is 5.64. The molecule has 1 aromatic rings. The zero-order valence-electron chi connectivity index (χ0n) is 10.9. The van der Waals surface area contributed by atoms with Crippen LogP contribution in [-0.4, -0.2) is 31.3 Å². The number of aliphatic imine (C=N–C) groups is 1. The fourth-order valence-corrected chi connectivity index (χ4v) is 2.22. The van der Waals surface area contributed by atoms with Gasteiger partial charge in [0.2, 0.25) is 0 Å². The van der Waals surface area contributed by atoms with Gasteiger partial charge < -0.3 is 14.8 Å². The molecule has 1 aliphatic heterocycles. The Hall–Kier alpha value is -2.28. The highest BCUT2D eigenvalue weighted by Gasteiger charge is 2.24. The second-order valence-electron chi connectivity index (χ2n) is 3.70. The van der Waals surface area contributed by atoms with Gasteiger partial charge in [-0.3, -0.25) is 4.79 Å². The molecule has 0 unspecified atom stereocenters. The topological polar surface area (TPSA) is 77.0 Å². The summed E-state index contributed by atoms with van der Waals surface area (Å²) < 4.78 is 9.52. The van der Waals surface area contributed by atoms with E-state index in [4.69, 9.17) is 4.74 Å². The molecule has 1 amide bonds. The summed E-state index contributed by atoms with van der Waals surface area (Å²) in [4.78, 5) is 27.2. The molecule has 1 aliphatic rings. The lowest BCUT2D eigenvalue weighted by molar-refractivity contribution is -0.135. The lowest BCUT2D eigenvalue weighted by atomic mass is 10.3. The van der Waals surface area contributed by atoms with E-state index < -0.39 is 5.97 Å². The summed E-state index contributed by atoms with van der Waals surface area (Å²) >= 11 is 1.09. The number of thioether (sulfide) groups is 1. The van der Waals surface area contributed by atoms with Gasteiger partial charge in [-0.2, -0.15) is 0 Å². The van der Waals surface area contributed by atoms with Crippen LogP contribution in [0.5, 0.6) is 5.75 Å². The maximum absolute atomic E-state index is 11.6. The van der Waals surface area contributed by atoms with Gasteiger partial charge in [0.25, 0.3) is 5.91 Å². The lowest BCUT2D eigenvalue weighted by Crippen LogP contribution is -2.19. The number of methoxy groups -OCH3 is 2. The van der Waals surface area contributed by atoms with Gasteiger partial charge in [-0.1, -0.05) is 0 Å². The van der Waals surface area contributed by atoms with E-state index in [2.05, 4.69) is 15.0 Å². The first-order valence-corrected chi connectivity index (χ1v) is 6.45. The Bertz CT molecular complexity index is 593. The predicted molar refractivity (Wildman–Crippen MR) is 75.9 cm³/mol. The molecule has 0 aromatic heterocycles. The summed E-state index contributed by atoms with van der Waals surface area (Å²) in [5.41, 5.74) is 0.674. The maximum Gasteiger partial charge on any atom is 0.331 e. The number of amidine groups is 1. The quantitative estimate of drug-likeness (QED) is 0.676. The number of hydrogen-bond acceptors (Lipinski definition) is 6. The molecule has 0 radical (unpaired) electrons. The number of amides is 1. The number of nitrogens with zero attached hydrogens (tertiary/aromatic N) is 1. The van der Waals surface area contributed by atoms with E-state index in [0.717, 1.165) is 23.6 Å². The molecule has 6 nitrogen and oxygen atoms in total. The molecule has 104 valence electrons. The van der Waals surface area contributed by atoms with E-state index >= 15 is 0 Å². The third kappa shape index (κ3) is 3.39. The van der Waals surface area contributed by atoms with Gasteiger partial charge in [-0.15, -0.1) is 0 Å². The van der Waals surface area contributed by atoms with Crippen LogP contribution in [0, 0.1) is 0 Å². The second-order valence-corrected chi connectivity index (χ2v) is 4.73. The molecule has 0 spiro atoms. The second kappa shape index (κ2) is 6.25. The fourth-order valence-electron chi connectivity index (χ4n) is 1.42. The molecule has 1 heterocycles. The first kappa shape index (κ1) is 14.1. The first-order chi connectivity index (χ1) is 9.62. The average molecular weight is 292 g/mol. The third-order valence-corrected chi connectivity index (χ3v) is 3.31. The van der Waals surface area contributed by atoms with Crippen LogP contribution in [0.15, 0.2) is 40.2 Å². The van der Waals surface area contributed by atoms with Gasteiger partial charge in [0.05, 0.1) is 24.8 Å². The van der Waals surface area contributed by atoms with Crippen molar-refractivity contribution in [3.8, 4) is 5.75 Å². The Morgan fingerprint density at radius 3 is 2.60 bits per heavy atom. The summed E-state index contributed by atoms with van der Waals surface area (Å²) in [7, 11) is 2.83. The highest BCUT2D eigenvalue weighted by molar-refractivity contribution is 8.18. The smallest absolute Gasteiger partial charge is 0.331 e. The van der Waals surface area contributed by atoms with Crippen LogP contribution in [0.4, 0.5) is 5.69 Å². The number of nitrogens with one attached hydrogen (secondary N) is 1. The fraction of sp³-hybridized carbons (Fsp3) is 0.154. The van der Waals surface area contributed by atoms with Crippen LogP contribution < -0.4 is 10.1 Å². The van der Waals surface area contributed by atoms with Crippen LogP contribution >= 0.6 is 11.8 Å². The average Bonchev–Trinajstić information content (AvgIpc) is 2.79. The third-order valence-electron chi connectivity index (χ3n) is 2.40. The molecule has 1 fully saturated rings. The van der Waals surface area contributed by atoms with E-state index in [-0.39, 0.29) is 10.8 Å². The van der Waals surface area contributed by atoms with Crippen LogP contribution in [0.3, 0.4) is 0 Å². The molecule has 0 aliphatic carbocycles. The number of carbonyl (C=O) groups is 2. The van der Waals surface area contributed by atoms with Gasteiger partial charge in [0.15, 0.2) is 5.17 Å². The Morgan fingerprint density at radius 2 is 2.00 bits per heavy atom. The Labute approximate surface area is 119 Å². The highest BCUT2D eigenvalue weighted by atomic mass is 32.2. The van der Waals surface area contributed by atoms with E-state index in [9.17, 15) is 9.59 Å². The minimum atomic E-state index is -0.576. The van der Waals surface area contributed by atoms with Crippen molar-refractivity contribution in [2.45, 2.75) is 0 Å². The summed E-state index contributed by atoms with van der Waals surface area (Å²) in [6.07, 6.45) is 1.14. The van der Waals surface area contributed by atoms with Gasteiger partial charge in [-0.05, 0) is 36.0 Å². The number of ether oxygens (including phenoxy) is 2. The summed E-state index contributed by atoms with van der Waals surface area (Å²) in [6.45, 7) is 0. The monoisotopic (exact) mass is 292 g/mol. The van der Waals surface area contributed by atoms with Crippen molar-refractivity contribution in [2.24, 2.45) is 4.99 Å². The van der Waals surface area contributed by atoms with Gasteiger partial charge >= 0.3 is 5.97 Å². The Morgan fingerprint density at radius 1 is 1.30 bits per heavy atom. The zero-order chi connectivity index (χ0) is 14.5. The molecule has 1 N–H and O–H groups in total. The molecule has 7 heteroatoms. The SMILES string of the molecule is COC(=O)C=C1SC(=Nc2ccc(OC)cc2)NC1=O. The molecule has 2 rings (SSSR count). The van der Waals surface area contributed by atoms with Crippen molar-refractivity contribution in [2.75, 3.05) is 14.2 Å². The molecule has 20 heavy (non-hydrogen) atoms. The van der Waals surface area contributed by atoms with Gasteiger partial charge in [-0.25, -0.2) is 9.79 Å². The largest absolute Gasteiger partial charge is 0.497 e. The molecule has 1 aromatic carbocycles. The van der Waals surface area contributed by atoms with Crippen molar-refractivity contribution >= 4 is 34.5 Å². The number of rotatable bonds is 3. The van der Waals surface area contributed by atoms with Crippen LogP contribution in [0.1, 0.15) is 0 Å². The number of hydrogen-bond donors (Lipinski definition) is 1. The number of carbonyl (C=O) groups excluding carboxylic acids is 2. The Kier molecular flexibility index (Phi) is 4.41. The molecular weight excluding hydrogens is 280 g/mol. The molecule has 1 saturated heterocycles. The Balaban J connectivity index is 2.14. The van der Waals surface area contributed by atoms with Crippen LogP contribution in [-0.2, 0) is 14.3 Å². The van der Waals surface area contributed by atoms with E-state index in [1.165, 1.54) is 7.11 Å². The van der Waals surface area contributed by atoms with Crippen molar-refractivity contribution in [1.29, 1.82) is 0 Å². The van der Waals surface area contributed by atoms with E-state index in [1.807, 2.05) is 0 Å². The highest BCUT2D eigenvalue weighted by Crippen LogP contribution is 2.26. The minimum absolute atomic E-state index is 0.254. The molecule has 0 saturated carbocycles.